The lowest BCUT2D eigenvalue weighted by atomic mass is 10.1. The molecule has 0 bridgehead atoms. The maximum atomic E-state index is 12.1. The topological polar surface area (TPSA) is 85.1 Å². The standard InChI is InChI=1S/C19H17N3O3/c1-13(23)15-9-5-6-10-16(15)20-17(24)11-12-18-21-19(22-25-18)14-7-3-2-4-8-14/h2-10H,11-12H2,1H3,(H,20,24). The fourth-order valence-electron chi connectivity index (χ4n) is 2.39. The Kier molecular flexibility index (Phi) is 4.99. The van der Waals surface area contributed by atoms with Gasteiger partial charge in [-0.25, -0.2) is 0 Å². The maximum Gasteiger partial charge on any atom is 0.227 e. The first kappa shape index (κ1) is 16.6. The monoisotopic (exact) mass is 335 g/mol. The van der Waals surface area contributed by atoms with Crippen molar-refractivity contribution in [3.63, 3.8) is 0 Å². The maximum absolute atomic E-state index is 12.1. The number of hydrogen-bond donors (Lipinski definition) is 1. The summed E-state index contributed by atoms with van der Waals surface area (Å²) in [5, 5.41) is 6.67. The number of para-hydroxylation sites is 1. The number of hydrogen-bond acceptors (Lipinski definition) is 5. The number of benzene rings is 2. The third-order valence-corrected chi connectivity index (χ3v) is 3.65. The van der Waals surface area contributed by atoms with Crippen LogP contribution >= 0.6 is 0 Å². The zero-order valence-corrected chi connectivity index (χ0v) is 13.7. The van der Waals surface area contributed by atoms with E-state index in [4.69, 9.17) is 4.52 Å². The summed E-state index contributed by atoms with van der Waals surface area (Å²) >= 11 is 0. The summed E-state index contributed by atoms with van der Waals surface area (Å²) in [4.78, 5) is 28.0. The molecule has 0 fully saturated rings. The Morgan fingerprint density at radius 3 is 2.52 bits per heavy atom. The van der Waals surface area contributed by atoms with Crippen molar-refractivity contribution in [3.8, 4) is 11.4 Å². The summed E-state index contributed by atoms with van der Waals surface area (Å²) in [6.45, 7) is 1.47. The van der Waals surface area contributed by atoms with Gasteiger partial charge in [0.15, 0.2) is 5.78 Å². The zero-order valence-electron chi connectivity index (χ0n) is 13.7. The Bertz CT molecular complexity index is 888. The molecule has 1 aromatic heterocycles. The van der Waals surface area contributed by atoms with Gasteiger partial charge in [0, 0.05) is 24.0 Å². The second kappa shape index (κ2) is 7.53. The number of rotatable bonds is 6. The van der Waals surface area contributed by atoms with Crippen LogP contribution in [0.3, 0.4) is 0 Å². The Labute approximate surface area is 144 Å². The smallest absolute Gasteiger partial charge is 0.227 e. The number of amides is 1. The predicted molar refractivity (Wildman–Crippen MR) is 93.1 cm³/mol. The predicted octanol–water partition coefficient (Wildman–Crippen LogP) is 3.51. The average molecular weight is 335 g/mol. The molecule has 25 heavy (non-hydrogen) atoms. The molecule has 6 heteroatoms. The van der Waals surface area contributed by atoms with Crippen molar-refractivity contribution < 1.29 is 14.1 Å². The van der Waals surface area contributed by atoms with Gasteiger partial charge >= 0.3 is 0 Å². The van der Waals surface area contributed by atoms with Crippen molar-refractivity contribution in [1.29, 1.82) is 0 Å². The van der Waals surface area contributed by atoms with E-state index in [-0.39, 0.29) is 18.1 Å². The lowest BCUT2D eigenvalue weighted by Gasteiger charge is -2.08. The molecule has 0 aliphatic carbocycles. The quantitative estimate of drug-likeness (QED) is 0.697. The van der Waals surface area contributed by atoms with Gasteiger partial charge in [-0.1, -0.05) is 47.6 Å². The Hall–Kier alpha value is -3.28. The minimum atomic E-state index is -0.215. The fraction of sp³-hybridized carbons (Fsp3) is 0.158. The van der Waals surface area contributed by atoms with E-state index in [2.05, 4.69) is 15.5 Å². The normalized spacial score (nSPS) is 10.4. The first-order chi connectivity index (χ1) is 12.1. The molecule has 1 amide bonds. The zero-order chi connectivity index (χ0) is 17.6. The van der Waals surface area contributed by atoms with Crippen molar-refractivity contribution in [2.75, 3.05) is 5.32 Å². The molecule has 0 atom stereocenters. The summed E-state index contributed by atoms with van der Waals surface area (Å²) in [5.41, 5.74) is 1.85. The van der Waals surface area contributed by atoms with Crippen molar-refractivity contribution >= 4 is 17.4 Å². The van der Waals surface area contributed by atoms with E-state index < -0.39 is 0 Å². The van der Waals surface area contributed by atoms with Gasteiger partial charge in [-0.3, -0.25) is 9.59 Å². The van der Waals surface area contributed by atoms with E-state index in [9.17, 15) is 9.59 Å². The summed E-state index contributed by atoms with van der Waals surface area (Å²) < 4.78 is 5.19. The van der Waals surface area contributed by atoms with E-state index in [1.165, 1.54) is 6.92 Å². The van der Waals surface area contributed by atoms with Crippen LogP contribution < -0.4 is 5.32 Å². The average Bonchev–Trinajstić information content (AvgIpc) is 3.10. The van der Waals surface area contributed by atoms with Crippen LogP contribution in [0.4, 0.5) is 5.69 Å². The summed E-state index contributed by atoms with van der Waals surface area (Å²) in [5.74, 6) is 0.584. The van der Waals surface area contributed by atoms with Gasteiger partial charge in [0.05, 0.1) is 5.69 Å². The fourth-order valence-corrected chi connectivity index (χ4v) is 2.39. The molecule has 0 saturated heterocycles. The molecule has 0 unspecified atom stereocenters. The number of carbonyl (C=O) groups is 2. The molecule has 0 aliphatic rings. The molecular weight excluding hydrogens is 318 g/mol. The van der Waals surface area contributed by atoms with Crippen LogP contribution in [0.2, 0.25) is 0 Å². The second-order valence-electron chi connectivity index (χ2n) is 5.53. The molecule has 1 N–H and O–H groups in total. The summed E-state index contributed by atoms with van der Waals surface area (Å²) in [7, 11) is 0. The molecule has 2 aromatic carbocycles. The lowest BCUT2D eigenvalue weighted by Crippen LogP contribution is -2.14. The number of Topliss-reactive ketones (excluding diaryl/α,β-unsaturated/α-hetero) is 1. The third-order valence-electron chi connectivity index (χ3n) is 3.65. The van der Waals surface area contributed by atoms with E-state index >= 15 is 0 Å². The van der Waals surface area contributed by atoms with Crippen LogP contribution in [0.25, 0.3) is 11.4 Å². The highest BCUT2D eigenvalue weighted by atomic mass is 16.5. The van der Waals surface area contributed by atoms with Crippen LogP contribution in [-0.2, 0) is 11.2 Å². The van der Waals surface area contributed by atoms with Gasteiger partial charge in [0.25, 0.3) is 0 Å². The summed E-state index contributed by atoms with van der Waals surface area (Å²) in [6, 6.07) is 16.4. The van der Waals surface area contributed by atoms with Crippen molar-refractivity contribution in [2.45, 2.75) is 19.8 Å². The number of carbonyl (C=O) groups excluding carboxylic acids is 2. The third kappa shape index (κ3) is 4.17. The molecule has 3 aromatic rings. The van der Waals surface area contributed by atoms with Gasteiger partial charge in [-0.15, -0.1) is 0 Å². The SMILES string of the molecule is CC(=O)c1ccccc1NC(=O)CCc1nc(-c2ccccc2)no1. The van der Waals surface area contributed by atoms with Crippen LogP contribution in [0.5, 0.6) is 0 Å². The molecule has 3 rings (SSSR count). The molecule has 1 heterocycles. The molecule has 0 spiro atoms. The van der Waals surface area contributed by atoms with Crippen LogP contribution in [0.1, 0.15) is 29.6 Å². The largest absolute Gasteiger partial charge is 0.339 e. The summed E-state index contributed by atoms with van der Waals surface area (Å²) in [6.07, 6.45) is 0.510. The van der Waals surface area contributed by atoms with Gasteiger partial charge in [0.2, 0.25) is 17.6 Å². The minimum absolute atomic E-state index is 0.0969. The molecule has 0 saturated carbocycles. The number of ketones is 1. The van der Waals surface area contributed by atoms with E-state index in [1.54, 1.807) is 24.3 Å². The van der Waals surface area contributed by atoms with E-state index in [1.807, 2.05) is 30.3 Å². The van der Waals surface area contributed by atoms with E-state index in [0.717, 1.165) is 5.56 Å². The first-order valence-electron chi connectivity index (χ1n) is 7.91. The molecule has 0 radical (unpaired) electrons. The number of nitrogens with zero attached hydrogens (tertiary/aromatic N) is 2. The van der Waals surface area contributed by atoms with Crippen molar-refractivity contribution in [1.82, 2.24) is 10.1 Å². The van der Waals surface area contributed by atoms with Crippen molar-refractivity contribution in [3.05, 3.63) is 66.1 Å². The van der Waals surface area contributed by atoms with Gasteiger partial charge < -0.3 is 9.84 Å². The second-order valence-corrected chi connectivity index (χ2v) is 5.53. The number of aromatic nitrogens is 2. The Balaban J connectivity index is 1.60. The number of nitrogens with one attached hydrogen (secondary N) is 1. The highest BCUT2D eigenvalue weighted by Gasteiger charge is 2.12. The lowest BCUT2D eigenvalue weighted by molar-refractivity contribution is -0.116. The Morgan fingerprint density at radius 1 is 1.04 bits per heavy atom. The van der Waals surface area contributed by atoms with Crippen molar-refractivity contribution in [2.24, 2.45) is 0 Å². The van der Waals surface area contributed by atoms with Crippen LogP contribution in [0.15, 0.2) is 59.1 Å². The minimum Gasteiger partial charge on any atom is -0.339 e. The van der Waals surface area contributed by atoms with Gasteiger partial charge in [0.1, 0.15) is 0 Å². The molecular formula is C19H17N3O3. The molecule has 126 valence electrons. The molecule has 6 nitrogen and oxygen atoms in total. The number of anilines is 1. The van der Waals surface area contributed by atoms with Gasteiger partial charge in [-0.05, 0) is 19.1 Å². The Morgan fingerprint density at radius 2 is 1.76 bits per heavy atom. The molecule has 0 aliphatic heterocycles. The van der Waals surface area contributed by atoms with Crippen LogP contribution in [0, 0.1) is 0 Å². The number of aryl methyl sites for hydroxylation is 1. The van der Waals surface area contributed by atoms with E-state index in [0.29, 0.717) is 29.4 Å². The van der Waals surface area contributed by atoms with Gasteiger partial charge in [-0.2, -0.15) is 4.98 Å². The first-order valence-corrected chi connectivity index (χ1v) is 7.91. The van der Waals surface area contributed by atoms with Crippen LogP contribution in [-0.4, -0.2) is 21.8 Å². The highest BCUT2D eigenvalue weighted by molar-refractivity contribution is 6.03. The highest BCUT2D eigenvalue weighted by Crippen LogP contribution is 2.17.